The van der Waals surface area contributed by atoms with Crippen molar-refractivity contribution in [1.29, 1.82) is 0 Å². The van der Waals surface area contributed by atoms with E-state index in [0.717, 1.165) is 22.4 Å². The van der Waals surface area contributed by atoms with Gasteiger partial charge in [-0.05, 0) is 34.5 Å². The van der Waals surface area contributed by atoms with E-state index < -0.39 is 0 Å². The summed E-state index contributed by atoms with van der Waals surface area (Å²) in [6, 6.07) is 9.79. The topological polar surface area (TPSA) is 57.8 Å². The molecule has 0 spiro atoms. The number of fused-ring (bicyclic) bond motifs is 1. The minimum Gasteiger partial charge on any atom is -0.349 e. The number of carbonyl (C=O) groups is 1. The molecule has 0 aliphatic rings. The molecule has 19 heavy (non-hydrogen) atoms. The second kappa shape index (κ2) is 5.24. The first-order valence-corrected chi connectivity index (χ1v) is 6.97. The van der Waals surface area contributed by atoms with Crippen LogP contribution in [0, 0.1) is 0 Å². The zero-order chi connectivity index (χ0) is 13.1. The molecule has 3 aromatic rings. The van der Waals surface area contributed by atoms with Crippen LogP contribution in [0.25, 0.3) is 11.0 Å². The van der Waals surface area contributed by atoms with Crippen LogP contribution >= 0.6 is 11.3 Å². The summed E-state index contributed by atoms with van der Waals surface area (Å²) in [4.78, 5) is 19.4. The number of aromatic amines is 1. The monoisotopic (exact) mass is 271 g/mol. The molecule has 1 amide bonds. The van der Waals surface area contributed by atoms with Gasteiger partial charge in [-0.3, -0.25) is 4.79 Å². The summed E-state index contributed by atoms with van der Waals surface area (Å²) < 4.78 is 0. The summed E-state index contributed by atoms with van der Waals surface area (Å²) in [5.74, 6) is 0.790. The number of para-hydroxylation sites is 2. The Bertz CT molecular complexity index is 655. The molecule has 0 saturated heterocycles. The number of nitrogens with one attached hydrogen (secondary N) is 2. The predicted octanol–water partition coefficient (Wildman–Crippen LogP) is 2.48. The quantitative estimate of drug-likeness (QED) is 0.766. The second-order valence-corrected chi connectivity index (χ2v) is 5.07. The van der Waals surface area contributed by atoms with Crippen LogP contribution in [0.5, 0.6) is 0 Å². The first kappa shape index (κ1) is 11.9. The molecular formula is C14H13N3OS. The van der Waals surface area contributed by atoms with Gasteiger partial charge in [0.25, 0.3) is 0 Å². The van der Waals surface area contributed by atoms with E-state index in [9.17, 15) is 4.79 Å². The highest BCUT2D eigenvalue weighted by Crippen LogP contribution is 2.10. The lowest BCUT2D eigenvalue weighted by atomic mass is 10.2. The van der Waals surface area contributed by atoms with Crippen LogP contribution in [0.1, 0.15) is 11.4 Å². The molecule has 5 heteroatoms. The van der Waals surface area contributed by atoms with Gasteiger partial charge in [-0.2, -0.15) is 11.3 Å². The Balaban J connectivity index is 1.61. The minimum absolute atomic E-state index is 0.0128. The molecule has 0 saturated carbocycles. The molecule has 0 fully saturated rings. The molecule has 2 N–H and O–H groups in total. The number of thiophene rings is 1. The summed E-state index contributed by atoms with van der Waals surface area (Å²) in [5, 5.41) is 6.83. The fraction of sp³-hybridized carbons (Fsp3) is 0.143. The van der Waals surface area contributed by atoms with E-state index in [1.165, 1.54) is 0 Å². The summed E-state index contributed by atoms with van der Waals surface area (Å²) >= 11 is 1.60. The number of nitrogens with zero attached hydrogens (tertiary/aromatic N) is 1. The molecule has 0 unspecified atom stereocenters. The molecule has 0 radical (unpaired) electrons. The largest absolute Gasteiger partial charge is 0.349 e. The summed E-state index contributed by atoms with van der Waals surface area (Å²) in [7, 11) is 0. The van der Waals surface area contributed by atoms with Crippen LogP contribution in [0.3, 0.4) is 0 Å². The lowest BCUT2D eigenvalue weighted by Gasteiger charge is -2.01. The third-order valence-electron chi connectivity index (χ3n) is 2.84. The average molecular weight is 271 g/mol. The molecule has 2 aromatic heterocycles. The van der Waals surface area contributed by atoms with Gasteiger partial charge in [-0.25, -0.2) is 4.98 Å². The standard InChI is InChI=1S/C14H13N3OS/c18-14(7-10-5-6-19-9-10)15-8-13-16-11-3-1-2-4-12(11)17-13/h1-6,9H,7-8H2,(H,15,18)(H,16,17). The number of H-pyrrole nitrogens is 1. The Labute approximate surface area is 114 Å². The van der Waals surface area contributed by atoms with Gasteiger partial charge in [0.05, 0.1) is 24.0 Å². The Morgan fingerprint density at radius 1 is 1.32 bits per heavy atom. The van der Waals surface area contributed by atoms with Crippen molar-refractivity contribution < 1.29 is 4.79 Å². The van der Waals surface area contributed by atoms with E-state index in [-0.39, 0.29) is 5.91 Å². The van der Waals surface area contributed by atoms with Gasteiger partial charge >= 0.3 is 0 Å². The molecule has 2 heterocycles. The predicted molar refractivity (Wildman–Crippen MR) is 76.0 cm³/mol. The first-order chi connectivity index (χ1) is 9.31. The van der Waals surface area contributed by atoms with E-state index in [1.807, 2.05) is 41.1 Å². The molecule has 0 aliphatic heterocycles. The van der Waals surface area contributed by atoms with Crippen molar-refractivity contribution in [1.82, 2.24) is 15.3 Å². The van der Waals surface area contributed by atoms with Crippen molar-refractivity contribution in [2.24, 2.45) is 0 Å². The summed E-state index contributed by atoms with van der Waals surface area (Å²) in [6.45, 7) is 0.428. The maximum absolute atomic E-state index is 11.8. The SMILES string of the molecule is O=C(Cc1ccsc1)NCc1nc2ccccc2[nH]1. The van der Waals surface area contributed by atoms with Crippen molar-refractivity contribution in [3.05, 3.63) is 52.5 Å². The molecule has 0 atom stereocenters. The van der Waals surface area contributed by atoms with Gasteiger partial charge in [-0.15, -0.1) is 0 Å². The zero-order valence-corrected chi connectivity index (χ0v) is 11.0. The highest BCUT2D eigenvalue weighted by molar-refractivity contribution is 7.07. The number of amides is 1. The summed E-state index contributed by atoms with van der Waals surface area (Å²) in [6.07, 6.45) is 0.420. The van der Waals surface area contributed by atoms with Gasteiger partial charge < -0.3 is 10.3 Å². The molecule has 0 bridgehead atoms. The van der Waals surface area contributed by atoms with E-state index in [0.29, 0.717) is 13.0 Å². The maximum Gasteiger partial charge on any atom is 0.224 e. The van der Waals surface area contributed by atoms with Crippen LogP contribution in [-0.2, 0) is 17.8 Å². The highest BCUT2D eigenvalue weighted by Gasteiger charge is 2.06. The number of hydrogen-bond acceptors (Lipinski definition) is 3. The number of aromatic nitrogens is 2. The third-order valence-corrected chi connectivity index (χ3v) is 3.57. The smallest absolute Gasteiger partial charge is 0.224 e. The molecule has 4 nitrogen and oxygen atoms in total. The molecule has 3 rings (SSSR count). The van der Waals surface area contributed by atoms with Crippen LogP contribution in [-0.4, -0.2) is 15.9 Å². The van der Waals surface area contributed by atoms with Crippen molar-refractivity contribution in [3.8, 4) is 0 Å². The normalized spacial score (nSPS) is 10.7. The van der Waals surface area contributed by atoms with Gasteiger partial charge in [0.1, 0.15) is 5.82 Å². The maximum atomic E-state index is 11.8. The Hall–Kier alpha value is -2.14. The number of rotatable bonds is 4. The molecule has 0 aliphatic carbocycles. The van der Waals surface area contributed by atoms with Crippen molar-refractivity contribution in [2.75, 3.05) is 0 Å². The van der Waals surface area contributed by atoms with Gasteiger partial charge in [0.15, 0.2) is 0 Å². The molecule has 1 aromatic carbocycles. The Kier molecular flexibility index (Phi) is 3.29. The number of imidazole rings is 1. The van der Waals surface area contributed by atoms with Gasteiger partial charge in [0.2, 0.25) is 5.91 Å². The number of carbonyl (C=O) groups excluding carboxylic acids is 1. The lowest BCUT2D eigenvalue weighted by Crippen LogP contribution is -2.24. The number of hydrogen-bond donors (Lipinski definition) is 2. The van der Waals surface area contributed by atoms with E-state index in [1.54, 1.807) is 11.3 Å². The molecule has 96 valence electrons. The Morgan fingerprint density at radius 3 is 3.00 bits per heavy atom. The van der Waals surface area contributed by atoms with E-state index >= 15 is 0 Å². The first-order valence-electron chi connectivity index (χ1n) is 6.02. The fourth-order valence-corrected chi connectivity index (χ4v) is 2.58. The number of benzene rings is 1. The second-order valence-electron chi connectivity index (χ2n) is 4.29. The fourth-order valence-electron chi connectivity index (χ4n) is 1.91. The van der Waals surface area contributed by atoms with Gasteiger partial charge in [-0.1, -0.05) is 12.1 Å². The van der Waals surface area contributed by atoms with Crippen molar-refractivity contribution in [2.45, 2.75) is 13.0 Å². The van der Waals surface area contributed by atoms with Crippen molar-refractivity contribution >= 4 is 28.3 Å². The van der Waals surface area contributed by atoms with Crippen molar-refractivity contribution in [3.63, 3.8) is 0 Å². The highest BCUT2D eigenvalue weighted by atomic mass is 32.1. The van der Waals surface area contributed by atoms with E-state index in [2.05, 4.69) is 15.3 Å². The van der Waals surface area contributed by atoms with Crippen LogP contribution in [0.15, 0.2) is 41.1 Å². The van der Waals surface area contributed by atoms with Gasteiger partial charge in [0, 0.05) is 0 Å². The minimum atomic E-state index is 0.0128. The van der Waals surface area contributed by atoms with E-state index in [4.69, 9.17) is 0 Å². The van der Waals surface area contributed by atoms with Crippen LogP contribution < -0.4 is 5.32 Å². The summed E-state index contributed by atoms with van der Waals surface area (Å²) in [5.41, 5.74) is 2.96. The third kappa shape index (κ3) is 2.82. The molecular weight excluding hydrogens is 258 g/mol. The van der Waals surface area contributed by atoms with Crippen LogP contribution in [0.2, 0.25) is 0 Å². The average Bonchev–Trinajstić information content (AvgIpc) is 3.04. The van der Waals surface area contributed by atoms with Crippen LogP contribution in [0.4, 0.5) is 0 Å². The Morgan fingerprint density at radius 2 is 2.21 bits per heavy atom. The zero-order valence-electron chi connectivity index (χ0n) is 10.2. The lowest BCUT2D eigenvalue weighted by molar-refractivity contribution is -0.120.